The molecular weight excluding hydrogens is 272 g/mol. The minimum Gasteiger partial charge on any atom is -0.507 e. The fraction of sp³-hybridized carbons (Fsp3) is 0.438. The van der Waals surface area contributed by atoms with Crippen LogP contribution in [0, 0.1) is 20.8 Å². The van der Waals surface area contributed by atoms with Crippen LogP contribution in [0.5, 0.6) is 11.5 Å². The Morgan fingerprint density at radius 2 is 1.62 bits per heavy atom. The molecule has 0 amide bonds. The van der Waals surface area contributed by atoms with E-state index in [0.29, 0.717) is 22.3 Å². The normalized spacial score (nSPS) is 14.3. The van der Waals surface area contributed by atoms with Gasteiger partial charge in [0, 0.05) is 17.5 Å². The van der Waals surface area contributed by atoms with Crippen LogP contribution in [0.25, 0.3) is 6.08 Å². The van der Waals surface area contributed by atoms with Gasteiger partial charge in [0.2, 0.25) is 0 Å². The van der Waals surface area contributed by atoms with Gasteiger partial charge in [-0.05, 0) is 45.2 Å². The summed E-state index contributed by atoms with van der Waals surface area (Å²) in [6.07, 6.45) is 2.86. The fourth-order valence-electron chi connectivity index (χ4n) is 2.05. The monoisotopic (exact) mass is 294 g/mol. The van der Waals surface area contributed by atoms with E-state index in [4.69, 9.17) is 5.11 Å². The third kappa shape index (κ3) is 3.98. The number of carboxylic acids is 1. The van der Waals surface area contributed by atoms with Crippen molar-refractivity contribution in [1.29, 1.82) is 0 Å². The van der Waals surface area contributed by atoms with Crippen LogP contribution in [0.15, 0.2) is 6.08 Å². The molecule has 1 rings (SSSR count). The molecule has 0 aromatic heterocycles. The van der Waals surface area contributed by atoms with Crippen LogP contribution in [0.4, 0.5) is 0 Å². The van der Waals surface area contributed by atoms with Gasteiger partial charge in [-0.25, -0.2) is 0 Å². The third-order valence-corrected chi connectivity index (χ3v) is 3.74. The number of benzene rings is 1. The Kier molecular flexibility index (Phi) is 5.01. The summed E-state index contributed by atoms with van der Waals surface area (Å²) >= 11 is 0. The number of rotatable bonds is 5. The largest absolute Gasteiger partial charge is 0.507 e. The number of phenols is 2. The summed E-state index contributed by atoms with van der Waals surface area (Å²) in [5, 5.41) is 38.9. The summed E-state index contributed by atoms with van der Waals surface area (Å²) in [6.45, 7) is 6.59. The van der Waals surface area contributed by atoms with Crippen molar-refractivity contribution in [3.05, 3.63) is 28.3 Å². The molecule has 1 aromatic rings. The summed E-state index contributed by atoms with van der Waals surface area (Å²) < 4.78 is 0. The molecular formula is C16H22O5. The van der Waals surface area contributed by atoms with E-state index in [1.165, 1.54) is 19.1 Å². The quantitative estimate of drug-likeness (QED) is 0.626. The highest BCUT2D eigenvalue weighted by Crippen LogP contribution is 2.37. The number of hydrogen-bond acceptors (Lipinski definition) is 4. The molecule has 21 heavy (non-hydrogen) atoms. The molecule has 1 unspecified atom stereocenters. The number of aromatic hydroxyl groups is 2. The predicted octanol–water partition coefficient (Wildman–Crippen LogP) is 2.65. The van der Waals surface area contributed by atoms with Gasteiger partial charge in [-0.2, -0.15) is 0 Å². The minimum absolute atomic E-state index is 0.0492. The van der Waals surface area contributed by atoms with Gasteiger partial charge >= 0.3 is 5.97 Å². The molecule has 0 spiro atoms. The molecule has 0 aliphatic heterocycles. The Morgan fingerprint density at radius 1 is 1.10 bits per heavy atom. The fourth-order valence-corrected chi connectivity index (χ4v) is 2.05. The lowest BCUT2D eigenvalue weighted by atomic mass is 9.94. The van der Waals surface area contributed by atoms with Gasteiger partial charge < -0.3 is 20.4 Å². The molecule has 5 nitrogen and oxygen atoms in total. The topological polar surface area (TPSA) is 98.0 Å². The van der Waals surface area contributed by atoms with Crippen LogP contribution >= 0.6 is 0 Å². The first kappa shape index (κ1) is 17.0. The van der Waals surface area contributed by atoms with Crippen molar-refractivity contribution in [2.45, 2.75) is 46.1 Å². The second-order valence-corrected chi connectivity index (χ2v) is 5.57. The van der Waals surface area contributed by atoms with E-state index in [1.807, 2.05) is 0 Å². The van der Waals surface area contributed by atoms with Crippen molar-refractivity contribution >= 4 is 12.0 Å². The molecule has 5 heteroatoms. The zero-order chi connectivity index (χ0) is 16.4. The zero-order valence-corrected chi connectivity index (χ0v) is 12.8. The Labute approximate surface area is 124 Å². The van der Waals surface area contributed by atoms with Gasteiger partial charge in [-0.3, -0.25) is 4.79 Å². The maximum Gasteiger partial charge on any atom is 0.303 e. The number of phenolic OH excluding ortho intramolecular Hbond substituents is 2. The van der Waals surface area contributed by atoms with E-state index >= 15 is 0 Å². The summed E-state index contributed by atoms with van der Waals surface area (Å²) in [4.78, 5) is 10.5. The average molecular weight is 294 g/mol. The van der Waals surface area contributed by atoms with Gasteiger partial charge in [-0.1, -0.05) is 12.2 Å². The van der Waals surface area contributed by atoms with Crippen molar-refractivity contribution in [1.82, 2.24) is 0 Å². The van der Waals surface area contributed by atoms with Crippen LogP contribution in [-0.2, 0) is 4.79 Å². The number of carbonyl (C=O) groups is 1. The highest BCUT2D eigenvalue weighted by atomic mass is 16.4. The molecule has 0 aliphatic rings. The summed E-state index contributed by atoms with van der Waals surface area (Å²) in [5.41, 5.74) is 0.820. The van der Waals surface area contributed by atoms with E-state index < -0.39 is 11.6 Å². The van der Waals surface area contributed by atoms with E-state index in [9.17, 15) is 20.1 Å². The van der Waals surface area contributed by atoms with E-state index in [-0.39, 0.29) is 24.3 Å². The minimum atomic E-state index is -1.30. The molecule has 0 saturated heterocycles. The molecule has 4 N–H and O–H groups in total. The van der Waals surface area contributed by atoms with Crippen LogP contribution in [0.2, 0.25) is 0 Å². The molecule has 116 valence electrons. The molecule has 1 atom stereocenters. The molecule has 0 aliphatic carbocycles. The second-order valence-electron chi connectivity index (χ2n) is 5.57. The predicted molar refractivity (Wildman–Crippen MR) is 80.5 cm³/mol. The first-order chi connectivity index (χ1) is 9.57. The molecule has 0 saturated carbocycles. The highest BCUT2D eigenvalue weighted by Gasteiger charge is 2.19. The molecule has 0 bridgehead atoms. The molecule has 0 fully saturated rings. The Morgan fingerprint density at radius 3 is 2.14 bits per heavy atom. The Balaban J connectivity index is 3.13. The van der Waals surface area contributed by atoms with Gasteiger partial charge in [0.15, 0.2) is 0 Å². The maximum absolute atomic E-state index is 10.5. The van der Waals surface area contributed by atoms with Crippen LogP contribution in [0.3, 0.4) is 0 Å². The first-order valence-electron chi connectivity index (χ1n) is 6.72. The second kappa shape index (κ2) is 6.18. The SMILES string of the molecule is Cc1c(C)c(O)c(C=CC(C)(O)CCC(=O)O)c(C)c1O. The number of aliphatic hydroxyl groups is 1. The third-order valence-electron chi connectivity index (χ3n) is 3.74. The zero-order valence-electron chi connectivity index (χ0n) is 12.8. The highest BCUT2D eigenvalue weighted by molar-refractivity contribution is 5.69. The van der Waals surface area contributed by atoms with E-state index in [0.717, 1.165) is 0 Å². The van der Waals surface area contributed by atoms with Crippen LogP contribution < -0.4 is 0 Å². The van der Waals surface area contributed by atoms with Crippen LogP contribution in [0.1, 0.15) is 42.0 Å². The van der Waals surface area contributed by atoms with Gasteiger partial charge in [-0.15, -0.1) is 0 Å². The summed E-state index contributed by atoms with van der Waals surface area (Å²) in [6, 6.07) is 0. The lowest BCUT2D eigenvalue weighted by Gasteiger charge is -2.19. The number of hydrogen-bond donors (Lipinski definition) is 4. The summed E-state index contributed by atoms with van der Waals surface area (Å²) in [7, 11) is 0. The van der Waals surface area contributed by atoms with Crippen molar-refractivity contribution in [3.63, 3.8) is 0 Å². The van der Waals surface area contributed by atoms with Crippen molar-refractivity contribution < 1.29 is 25.2 Å². The van der Waals surface area contributed by atoms with Gasteiger partial charge in [0.1, 0.15) is 11.5 Å². The van der Waals surface area contributed by atoms with Crippen molar-refractivity contribution in [2.75, 3.05) is 0 Å². The maximum atomic E-state index is 10.5. The number of aliphatic carboxylic acids is 1. The first-order valence-corrected chi connectivity index (χ1v) is 6.72. The Hall–Kier alpha value is -2.01. The van der Waals surface area contributed by atoms with Gasteiger partial charge in [0.25, 0.3) is 0 Å². The van der Waals surface area contributed by atoms with Crippen molar-refractivity contribution in [2.24, 2.45) is 0 Å². The lowest BCUT2D eigenvalue weighted by molar-refractivity contribution is -0.138. The number of carboxylic acid groups (broad SMARTS) is 1. The lowest BCUT2D eigenvalue weighted by Crippen LogP contribution is -2.21. The van der Waals surface area contributed by atoms with Crippen molar-refractivity contribution in [3.8, 4) is 11.5 Å². The molecule has 0 heterocycles. The molecule has 0 radical (unpaired) electrons. The van der Waals surface area contributed by atoms with Crippen LogP contribution in [-0.4, -0.2) is 32.0 Å². The van der Waals surface area contributed by atoms with E-state index in [2.05, 4.69) is 0 Å². The Bertz CT molecular complexity index is 556. The molecule has 1 aromatic carbocycles. The van der Waals surface area contributed by atoms with Gasteiger partial charge in [0.05, 0.1) is 5.60 Å². The standard InChI is InChI=1S/C16H22O5/c1-9-10(2)15(20)12(11(3)14(9)19)5-7-16(4,21)8-6-13(17)18/h5,7,19-21H,6,8H2,1-4H3,(H,17,18). The smallest absolute Gasteiger partial charge is 0.303 e. The van der Waals surface area contributed by atoms with E-state index in [1.54, 1.807) is 20.8 Å². The average Bonchev–Trinajstić information content (AvgIpc) is 2.41. The summed E-state index contributed by atoms with van der Waals surface area (Å²) in [5.74, 6) is -0.824.